The Kier molecular flexibility index (Phi) is 4.52. The molecule has 0 saturated heterocycles. The van der Waals surface area contributed by atoms with E-state index < -0.39 is 0 Å². The van der Waals surface area contributed by atoms with Crippen LogP contribution in [0.2, 0.25) is 0 Å². The van der Waals surface area contributed by atoms with Crippen LogP contribution in [0, 0.1) is 17.8 Å². The zero-order chi connectivity index (χ0) is 8.31. The molecule has 0 fully saturated rings. The molecule has 0 aromatic carbocycles. The maximum absolute atomic E-state index is 2.89. The van der Waals surface area contributed by atoms with E-state index >= 15 is 0 Å². The molecular weight excluding hydrogens is 139 g/mol. The summed E-state index contributed by atoms with van der Waals surface area (Å²) in [5.74, 6) is 2.48. The molecule has 0 aliphatic carbocycles. The van der Waals surface area contributed by atoms with Gasteiger partial charge in [0.2, 0.25) is 0 Å². The summed E-state index contributed by atoms with van der Waals surface area (Å²) in [4.78, 5) is 0. The molecule has 0 N–H and O–H groups in total. The molecule has 1 heteroatoms. The highest BCUT2D eigenvalue weighted by molar-refractivity contribution is 7.17. The molecule has 0 aliphatic rings. The van der Waals surface area contributed by atoms with Crippen molar-refractivity contribution in [2.45, 2.75) is 40.3 Å². The highest BCUT2D eigenvalue weighted by Gasteiger charge is 2.18. The topological polar surface area (TPSA) is 0 Å². The summed E-state index contributed by atoms with van der Waals surface area (Å²) < 4.78 is 0. The largest absolute Gasteiger partial charge is 0.134 e. The second-order valence-corrected chi connectivity index (χ2v) is 4.87. The first kappa shape index (κ1) is 10.4. The van der Waals surface area contributed by atoms with Crippen molar-refractivity contribution in [3.8, 4) is 0 Å². The van der Waals surface area contributed by atoms with Crippen LogP contribution < -0.4 is 0 Å². The zero-order valence-electron chi connectivity index (χ0n) is 7.89. The van der Waals surface area contributed by atoms with Gasteiger partial charge in [0.25, 0.3) is 0 Å². The van der Waals surface area contributed by atoms with E-state index in [2.05, 4.69) is 43.9 Å². The monoisotopic (exact) mass is 160 g/mol. The molecule has 10 heavy (non-hydrogen) atoms. The molecular formula is C9H21P. The fourth-order valence-electron chi connectivity index (χ4n) is 1.09. The lowest BCUT2D eigenvalue weighted by Crippen LogP contribution is -2.20. The Balaban J connectivity index is 3.81. The van der Waals surface area contributed by atoms with Crippen molar-refractivity contribution < 1.29 is 0 Å². The quantitative estimate of drug-likeness (QED) is 0.556. The molecule has 0 aromatic heterocycles. The highest BCUT2D eigenvalue weighted by atomic mass is 31.0. The van der Waals surface area contributed by atoms with Gasteiger partial charge in [-0.1, -0.05) is 34.6 Å². The minimum absolute atomic E-state index is 0.748. The Labute approximate surface area is 68.0 Å². The Morgan fingerprint density at radius 1 is 0.800 bits per heavy atom. The van der Waals surface area contributed by atoms with Crippen LogP contribution in [0.25, 0.3) is 0 Å². The van der Waals surface area contributed by atoms with Crippen LogP contribution in [0.4, 0.5) is 0 Å². The minimum atomic E-state index is 0.748. The summed E-state index contributed by atoms with van der Waals surface area (Å²) in [6.45, 7) is 11.6. The van der Waals surface area contributed by atoms with Crippen molar-refractivity contribution in [1.29, 1.82) is 0 Å². The first-order valence-electron chi connectivity index (χ1n) is 4.22. The van der Waals surface area contributed by atoms with E-state index in [-0.39, 0.29) is 0 Å². The number of hydrogen-bond acceptors (Lipinski definition) is 0. The van der Waals surface area contributed by atoms with E-state index in [0.29, 0.717) is 0 Å². The molecule has 0 nitrogen and oxygen atoms in total. The van der Waals surface area contributed by atoms with E-state index in [1.807, 2.05) is 0 Å². The van der Waals surface area contributed by atoms with Gasteiger partial charge in [0.1, 0.15) is 0 Å². The van der Waals surface area contributed by atoms with Crippen LogP contribution >= 0.6 is 9.24 Å². The molecule has 62 valence electrons. The summed E-state index contributed by atoms with van der Waals surface area (Å²) in [6.07, 6.45) is 0. The first-order valence-corrected chi connectivity index (χ1v) is 4.89. The third-order valence-corrected chi connectivity index (χ3v) is 3.32. The van der Waals surface area contributed by atoms with Gasteiger partial charge < -0.3 is 0 Å². The Morgan fingerprint density at radius 3 is 1.30 bits per heavy atom. The lowest BCUT2D eigenvalue weighted by Gasteiger charge is -2.26. The van der Waals surface area contributed by atoms with Gasteiger partial charge in [-0.05, 0) is 23.4 Å². The molecule has 4 atom stereocenters. The molecule has 0 bridgehead atoms. The third kappa shape index (κ3) is 3.01. The second kappa shape index (κ2) is 4.34. The van der Waals surface area contributed by atoms with Gasteiger partial charge in [-0.25, -0.2) is 0 Å². The fraction of sp³-hybridized carbons (Fsp3) is 1.00. The SMILES string of the molecule is CC(C)C(C)C(C)C(C)P. The Morgan fingerprint density at radius 2 is 1.20 bits per heavy atom. The molecule has 0 aromatic rings. The van der Waals surface area contributed by atoms with Crippen molar-refractivity contribution in [3.05, 3.63) is 0 Å². The normalized spacial score (nSPS) is 20.7. The van der Waals surface area contributed by atoms with E-state index in [4.69, 9.17) is 0 Å². The van der Waals surface area contributed by atoms with Gasteiger partial charge in [0.15, 0.2) is 0 Å². The molecule has 0 rings (SSSR count). The van der Waals surface area contributed by atoms with E-state index in [9.17, 15) is 0 Å². The predicted molar refractivity (Wildman–Crippen MR) is 52.3 cm³/mol. The maximum atomic E-state index is 2.89. The zero-order valence-corrected chi connectivity index (χ0v) is 9.04. The second-order valence-electron chi connectivity index (χ2n) is 3.82. The van der Waals surface area contributed by atoms with Gasteiger partial charge in [0, 0.05) is 0 Å². The van der Waals surface area contributed by atoms with Crippen molar-refractivity contribution in [2.24, 2.45) is 17.8 Å². The molecule has 0 radical (unpaired) electrons. The van der Waals surface area contributed by atoms with E-state index in [1.165, 1.54) is 0 Å². The molecule has 0 amide bonds. The van der Waals surface area contributed by atoms with Crippen molar-refractivity contribution >= 4 is 9.24 Å². The van der Waals surface area contributed by atoms with E-state index in [1.54, 1.807) is 0 Å². The van der Waals surface area contributed by atoms with Crippen LogP contribution in [0.3, 0.4) is 0 Å². The smallest absolute Gasteiger partial charge is 0.0264 e. The number of rotatable bonds is 3. The Bertz CT molecular complexity index is 74.7. The third-order valence-electron chi connectivity index (χ3n) is 2.71. The molecule has 0 aliphatic heterocycles. The van der Waals surface area contributed by atoms with Crippen molar-refractivity contribution in [1.82, 2.24) is 0 Å². The van der Waals surface area contributed by atoms with E-state index in [0.717, 1.165) is 23.4 Å². The Hall–Kier alpha value is 0.430. The molecule has 0 spiro atoms. The fourth-order valence-corrected chi connectivity index (χ4v) is 1.44. The van der Waals surface area contributed by atoms with Gasteiger partial charge >= 0.3 is 0 Å². The summed E-state index contributed by atoms with van der Waals surface area (Å²) >= 11 is 0. The van der Waals surface area contributed by atoms with Crippen LogP contribution in [-0.4, -0.2) is 5.66 Å². The van der Waals surface area contributed by atoms with Crippen LogP contribution in [0.1, 0.15) is 34.6 Å². The summed E-state index contributed by atoms with van der Waals surface area (Å²) in [5.41, 5.74) is 0.748. The maximum Gasteiger partial charge on any atom is -0.0264 e. The lowest BCUT2D eigenvalue weighted by molar-refractivity contribution is 0.295. The van der Waals surface area contributed by atoms with Crippen LogP contribution in [0.5, 0.6) is 0 Å². The van der Waals surface area contributed by atoms with Gasteiger partial charge in [-0.3, -0.25) is 0 Å². The van der Waals surface area contributed by atoms with Crippen LogP contribution in [-0.2, 0) is 0 Å². The average Bonchev–Trinajstić information content (AvgIpc) is 1.84. The molecule has 0 heterocycles. The molecule has 4 unspecified atom stereocenters. The van der Waals surface area contributed by atoms with Gasteiger partial charge in [0.05, 0.1) is 0 Å². The van der Waals surface area contributed by atoms with Gasteiger partial charge in [-0.2, -0.15) is 0 Å². The van der Waals surface area contributed by atoms with Gasteiger partial charge in [-0.15, -0.1) is 9.24 Å². The summed E-state index contributed by atoms with van der Waals surface area (Å²) in [6, 6.07) is 0. The average molecular weight is 160 g/mol. The summed E-state index contributed by atoms with van der Waals surface area (Å²) in [7, 11) is 2.89. The number of hydrogen-bond donors (Lipinski definition) is 0. The lowest BCUT2D eigenvalue weighted by atomic mass is 9.84. The summed E-state index contributed by atoms with van der Waals surface area (Å²) in [5, 5.41) is 0. The minimum Gasteiger partial charge on any atom is -0.134 e. The van der Waals surface area contributed by atoms with Crippen molar-refractivity contribution in [2.75, 3.05) is 0 Å². The highest BCUT2D eigenvalue weighted by Crippen LogP contribution is 2.26. The first-order chi connectivity index (χ1) is 4.46. The van der Waals surface area contributed by atoms with Crippen molar-refractivity contribution in [3.63, 3.8) is 0 Å². The standard InChI is InChI=1S/C9H21P/c1-6(2)7(3)8(4)9(5)10/h6-9H,10H2,1-5H3. The molecule has 0 saturated carbocycles. The van der Waals surface area contributed by atoms with Crippen LogP contribution in [0.15, 0.2) is 0 Å². The predicted octanol–water partition coefficient (Wildman–Crippen LogP) is 3.18.